The molecule has 1 amide bonds. The van der Waals surface area contributed by atoms with Gasteiger partial charge in [-0.15, -0.1) is 5.10 Å². The van der Waals surface area contributed by atoms with Crippen molar-refractivity contribution >= 4 is 28.7 Å². The van der Waals surface area contributed by atoms with E-state index in [-0.39, 0.29) is 28.8 Å². The Kier molecular flexibility index (Phi) is 6.63. The van der Waals surface area contributed by atoms with Gasteiger partial charge >= 0.3 is 0 Å². The van der Waals surface area contributed by atoms with Gasteiger partial charge in [0.1, 0.15) is 5.82 Å². The predicted molar refractivity (Wildman–Crippen MR) is 135 cm³/mol. The second kappa shape index (κ2) is 10.00. The fourth-order valence-corrected chi connectivity index (χ4v) is 5.09. The van der Waals surface area contributed by atoms with Gasteiger partial charge in [-0.2, -0.15) is 0 Å². The third kappa shape index (κ3) is 4.71. The number of amides is 1. The average molecular weight is 491 g/mol. The molecule has 1 unspecified atom stereocenters. The Morgan fingerprint density at radius 1 is 1.11 bits per heavy atom. The smallest absolute Gasteiger partial charge is 0.281 e. The summed E-state index contributed by atoms with van der Waals surface area (Å²) in [7, 11) is 0. The van der Waals surface area contributed by atoms with E-state index < -0.39 is 0 Å². The Morgan fingerprint density at radius 2 is 1.83 bits per heavy atom. The van der Waals surface area contributed by atoms with E-state index in [1.807, 2.05) is 66.4 Å². The maximum absolute atomic E-state index is 13.3. The Bertz CT molecular complexity index is 1390. The minimum absolute atomic E-state index is 0.0524. The molecule has 1 aliphatic rings. The van der Waals surface area contributed by atoms with Crippen molar-refractivity contribution in [1.82, 2.24) is 29.9 Å². The fraction of sp³-hybridized carbons (Fsp3) is 0.346. The standard InChI is InChI=1S/C26H27ClN6O2/c1-2-19(20-10-6-7-11-21(20)27)26(35)32-14-12-18(13-15-32)23-28-24-22(25(34)29-23)30-31-33(24)16-17-8-4-3-5-9-17/h3-11,18-19H,2,12-16H2,1H3,(H,28,29,34). The third-order valence-electron chi connectivity index (χ3n) is 6.75. The first-order valence-electron chi connectivity index (χ1n) is 12.0. The molecule has 0 spiro atoms. The van der Waals surface area contributed by atoms with Crippen molar-refractivity contribution in [3.8, 4) is 0 Å². The van der Waals surface area contributed by atoms with Gasteiger partial charge in [-0.25, -0.2) is 9.67 Å². The quantitative estimate of drug-likeness (QED) is 0.438. The van der Waals surface area contributed by atoms with Crippen LogP contribution in [0.1, 0.15) is 55.0 Å². The van der Waals surface area contributed by atoms with Crippen LogP contribution in [-0.4, -0.2) is 48.9 Å². The van der Waals surface area contributed by atoms with Crippen molar-refractivity contribution in [2.45, 2.75) is 44.6 Å². The average Bonchev–Trinajstić information content (AvgIpc) is 3.29. The van der Waals surface area contributed by atoms with E-state index >= 15 is 0 Å². The van der Waals surface area contributed by atoms with Crippen molar-refractivity contribution in [2.24, 2.45) is 0 Å². The lowest BCUT2D eigenvalue weighted by atomic mass is 9.91. The summed E-state index contributed by atoms with van der Waals surface area (Å²) in [5, 5.41) is 8.83. The van der Waals surface area contributed by atoms with Crippen LogP contribution in [0.25, 0.3) is 11.2 Å². The molecule has 8 nitrogen and oxygen atoms in total. The van der Waals surface area contributed by atoms with Gasteiger partial charge < -0.3 is 9.88 Å². The molecule has 2 aromatic carbocycles. The molecule has 0 aliphatic carbocycles. The van der Waals surface area contributed by atoms with E-state index in [9.17, 15) is 9.59 Å². The van der Waals surface area contributed by atoms with Crippen molar-refractivity contribution in [2.75, 3.05) is 13.1 Å². The summed E-state index contributed by atoms with van der Waals surface area (Å²) in [4.78, 5) is 35.6. The number of nitrogens with one attached hydrogen (secondary N) is 1. The molecule has 1 N–H and O–H groups in total. The SMILES string of the molecule is CCC(C(=O)N1CCC(c2nc3c(nnn3Cc3ccccc3)c(=O)[nH]2)CC1)c1ccccc1Cl. The highest BCUT2D eigenvalue weighted by Crippen LogP contribution is 2.32. The maximum Gasteiger partial charge on any atom is 0.281 e. The number of halogens is 1. The first-order valence-corrected chi connectivity index (χ1v) is 12.3. The van der Waals surface area contributed by atoms with Gasteiger partial charge in [-0.1, -0.05) is 72.3 Å². The highest BCUT2D eigenvalue weighted by molar-refractivity contribution is 6.31. The number of aromatic amines is 1. The first kappa shape index (κ1) is 23.2. The van der Waals surface area contributed by atoms with Crippen molar-refractivity contribution in [3.05, 3.63) is 86.9 Å². The molecule has 1 atom stereocenters. The second-order valence-corrected chi connectivity index (χ2v) is 9.35. The molecular formula is C26H27ClN6O2. The first-order chi connectivity index (χ1) is 17.0. The number of benzene rings is 2. The minimum Gasteiger partial charge on any atom is -0.342 e. The minimum atomic E-state index is -0.285. The Hall–Kier alpha value is -3.52. The maximum atomic E-state index is 13.3. The molecule has 1 saturated heterocycles. The number of likely N-dealkylation sites (tertiary alicyclic amines) is 1. The molecule has 1 fully saturated rings. The number of hydrogen-bond acceptors (Lipinski definition) is 5. The zero-order chi connectivity index (χ0) is 24.4. The van der Waals surface area contributed by atoms with Crippen LogP contribution in [0.3, 0.4) is 0 Å². The molecule has 4 aromatic rings. The number of nitrogens with zero attached hydrogens (tertiary/aromatic N) is 5. The zero-order valence-electron chi connectivity index (χ0n) is 19.5. The Labute approximate surface area is 207 Å². The summed E-state index contributed by atoms with van der Waals surface area (Å²) < 4.78 is 1.66. The largest absolute Gasteiger partial charge is 0.342 e. The van der Waals surface area contributed by atoms with Crippen molar-refractivity contribution < 1.29 is 4.79 Å². The topological polar surface area (TPSA) is 96.8 Å². The van der Waals surface area contributed by atoms with E-state index in [0.29, 0.717) is 42.5 Å². The highest BCUT2D eigenvalue weighted by Gasteiger charge is 2.31. The number of aromatic nitrogens is 5. The van der Waals surface area contributed by atoms with Crippen LogP contribution in [0.4, 0.5) is 0 Å². The lowest BCUT2D eigenvalue weighted by molar-refractivity contribution is -0.134. The summed E-state index contributed by atoms with van der Waals surface area (Å²) in [6.07, 6.45) is 2.13. The molecule has 2 aromatic heterocycles. The highest BCUT2D eigenvalue weighted by atomic mass is 35.5. The molecular weight excluding hydrogens is 464 g/mol. The molecule has 9 heteroatoms. The molecule has 180 valence electrons. The molecule has 0 radical (unpaired) electrons. The molecule has 0 saturated carbocycles. The summed E-state index contributed by atoms with van der Waals surface area (Å²) >= 11 is 6.38. The normalized spacial score (nSPS) is 15.4. The van der Waals surface area contributed by atoms with Crippen LogP contribution in [0.5, 0.6) is 0 Å². The van der Waals surface area contributed by atoms with Crippen LogP contribution in [0.15, 0.2) is 59.4 Å². The number of carbonyl (C=O) groups excluding carboxylic acids is 1. The van der Waals surface area contributed by atoms with Crippen LogP contribution in [0, 0.1) is 0 Å². The van der Waals surface area contributed by atoms with Crippen LogP contribution in [-0.2, 0) is 11.3 Å². The number of H-pyrrole nitrogens is 1. The number of rotatable bonds is 6. The van der Waals surface area contributed by atoms with Crippen LogP contribution < -0.4 is 5.56 Å². The third-order valence-corrected chi connectivity index (χ3v) is 7.09. The van der Waals surface area contributed by atoms with Gasteiger partial charge in [0.05, 0.1) is 12.5 Å². The van der Waals surface area contributed by atoms with Gasteiger partial charge in [0, 0.05) is 24.0 Å². The van der Waals surface area contributed by atoms with Gasteiger partial charge in [-0.3, -0.25) is 9.59 Å². The molecule has 1 aliphatic heterocycles. The lowest BCUT2D eigenvalue weighted by Crippen LogP contribution is -2.41. The van der Waals surface area contributed by atoms with E-state index in [1.54, 1.807) is 4.68 Å². The number of carbonyl (C=O) groups is 1. The van der Waals surface area contributed by atoms with Crippen LogP contribution >= 0.6 is 11.6 Å². The number of hydrogen-bond donors (Lipinski definition) is 1. The van der Waals surface area contributed by atoms with E-state index in [4.69, 9.17) is 16.6 Å². The summed E-state index contributed by atoms with van der Waals surface area (Å²) in [6, 6.07) is 17.4. The second-order valence-electron chi connectivity index (χ2n) is 8.94. The van der Waals surface area contributed by atoms with E-state index in [2.05, 4.69) is 15.3 Å². The number of fused-ring (bicyclic) bond motifs is 1. The van der Waals surface area contributed by atoms with Crippen LogP contribution in [0.2, 0.25) is 5.02 Å². The number of piperidine rings is 1. The summed E-state index contributed by atoms with van der Waals surface area (Å²) in [5.41, 5.74) is 2.37. The van der Waals surface area contributed by atoms with Gasteiger partial charge in [0.2, 0.25) is 5.91 Å². The van der Waals surface area contributed by atoms with Crippen molar-refractivity contribution in [3.63, 3.8) is 0 Å². The van der Waals surface area contributed by atoms with Gasteiger partial charge in [0.25, 0.3) is 5.56 Å². The monoisotopic (exact) mass is 490 g/mol. The molecule has 35 heavy (non-hydrogen) atoms. The Morgan fingerprint density at radius 3 is 2.54 bits per heavy atom. The molecule has 5 rings (SSSR count). The summed E-state index contributed by atoms with van der Waals surface area (Å²) in [5.74, 6) is 0.523. The molecule has 3 heterocycles. The van der Waals surface area contributed by atoms with Gasteiger partial charge in [0.15, 0.2) is 11.2 Å². The zero-order valence-corrected chi connectivity index (χ0v) is 20.3. The Balaban J connectivity index is 1.32. The molecule has 0 bridgehead atoms. The van der Waals surface area contributed by atoms with E-state index in [1.165, 1.54) is 0 Å². The lowest BCUT2D eigenvalue weighted by Gasteiger charge is -2.34. The predicted octanol–water partition coefficient (Wildman–Crippen LogP) is 4.12. The summed E-state index contributed by atoms with van der Waals surface area (Å²) in [6.45, 7) is 3.71. The van der Waals surface area contributed by atoms with Crippen molar-refractivity contribution in [1.29, 1.82) is 0 Å². The van der Waals surface area contributed by atoms with E-state index in [0.717, 1.165) is 24.0 Å². The van der Waals surface area contributed by atoms with Gasteiger partial charge in [-0.05, 0) is 36.5 Å². The fourth-order valence-electron chi connectivity index (χ4n) is 4.82.